The van der Waals surface area contributed by atoms with Gasteiger partial charge in [-0.2, -0.15) is 0 Å². The summed E-state index contributed by atoms with van der Waals surface area (Å²) in [5.41, 5.74) is 1.26. The molecule has 0 radical (unpaired) electrons. The molecule has 5 rings (SSSR count). The summed E-state index contributed by atoms with van der Waals surface area (Å²) >= 11 is 0. The highest BCUT2D eigenvalue weighted by Gasteiger charge is 2.65. The largest absolute Gasteiger partial charge is 0.469 e. The molecule has 126 valence electrons. The van der Waals surface area contributed by atoms with Crippen molar-refractivity contribution in [1.29, 1.82) is 0 Å². The second-order valence-corrected chi connectivity index (χ2v) is 9.23. The molecule has 4 aliphatic rings. The molecule has 4 aliphatic carbocycles. The summed E-state index contributed by atoms with van der Waals surface area (Å²) in [6.07, 6.45) is 10.9. The van der Waals surface area contributed by atoms with Gasteiger partial charge in [-0.1, -0.05) is 6.92 Å². The van der Waals surface area contributed by atoms with Gasteiger partial charge in [0.15, 0.2) is 0 Å². The van der Waals surface area contributed by atoms with Gasteiger partial charge in [-0.3, -0.25) is 0 Å². The molecule has 23 heavy (non-hydrogen) atoms. The van der Waals surface area contributed by atoms with E-state index in [2.05, 4.69) is 13.0 Å². The van der Waals surface area contributed by atoms with E-state index in [1.54, 1.807) is 0 Å². The molecule has 2 bridgehead atoms. The lowest BCUT2D eigenvalue weighted by Crippen LogP contribution is -2.51. The van der Waals surface area contributed by atoms with Crippen LogP contribution in [0.2, 0.25) is 0 Å². The SMILES string of the molecule is C[C@]12CCc3occc3[C@H]1CC[C@@]13C[C@@H](CC[C@H]12)[C@@](O)(CO)C3. The molecule has 1 heterocycles. The van der Waals surface area contributed by atoms with Crippen molar-refractivity contribution in [2.45, 2.75) is 69.8 Å². The second-order valence-electron chi connectivity index (χ2n) is 9.23. The highest BCUT2D eigenvalue weighted by atomic mass is 16.3. The first-order valence-electron chi connectivity index (χ1n) is 9.40. The van der Waals surface area contributed by atoms with Crippen LogP contribution in [0.25, 0.3) is 0 Å². The Morgan fingerprint density at radius 3 is 2.96 bits per heavy atom. The molecule has 0 saturated heterocycles. The minimum absolute atomic E-state index is 0.0574. The topological polar surface area (TPSA) is 53.6 Å². The standard InChI is InChI=1S/C20H28O3/c1-18-7-5-16-14(6-9-23-16)15(18)4-8-19-10-13(2-3-17(18)19)20(22,11-19)12-21/h6,9,13,15,17,21-22H,2-5,7-8,10-12H2,1H3/t13-,15-,17+,18+,19+,20+/m1/s1. The van der Waals surface area contributed by atoms with Crippen LogP contribution in [-0.2, 0) is 6.42 Å². The van der Waals surface area contributed by atoms with Gasteiger partial charge in [0.2, 0.25) is 0 Å². The van der Waals surface area contributed by atoms with Crippen LogP contribution in [0.1, 0.15) is 69.1 Å². The third kappa shape index (κ3) is 1.68. The Bertz CT molecular complexity index is 637. The zero-order valence-corrected chi connectivity index (χ0v) is 14.1. The van der Waals surface area contributed by atoms with Crippen molar-refractivity contribution in [2.75, 3.05) is 6.61 Å². The van der Waals surface area contributed by atoms with E-state index >= 15 is 0 Å². The number of hydrogen-bond acceptors (Lipinski definition) is 3. The highest BCUT2D eigenvalue weighted by Crippen LogP contribution is 2.71. The molecule has 3 nitrogen and oxygen atoms in total. The van der Waals surface area contributed by atoms with Crippen molar-refractivity contribution in [2.24, 2.45) is 22.7 Å². The smallest absolute Gasteiger partial charge is 0.107 e. The molecule has 0 aliphatic heterocycles. The predicted octanol–water partition coefficient (Wildman–Crippen LogP) is 3.64. The number of aliphatic hydroxyl groups is 2. The van der Waals surface area contributed by atoms with Crippen LogP contribution >= 0.6 is 0 Å². The van der Waals surface area contributed by atoms with E-state index < -0.39 is 5.60 Å². The Balaban J connectivity index is 1.56. The van der Waals surface area contributed by atoms with Crippen LogP contribution in [0.3, 0.4) is 0 Å². The summed E-state index contributed by atoms with van der Waals surface area (Å²) in [7, 11) is 0. The Hall–Kier alpha value is -0.800. The average Bonchev–Trinajstić information content (AvgIpc) is 3.09. The molecule has 2 N–H and O–H groups in total. The molecule has 0 unspecified atom stereocenters. The summed E-state index contributed by atoms with van der Waals surface area (Å²) in [6.45, 7) is 2.45. The lowest BCUT2D eigenvalue weighted by molar-refractivity contribution is -0.0727. The van der Waals surface area contributed by atoms with Crippen LogP contribution < -0.4 is 0 Å². The predicted molar refractivity (Wildman–Crippen MR) is 87.0 cm³/mol. The first-order chi connectivity index (χ1) is 11.0. The fourth-order valence-electron chi connectivity index (χ4n) is 7.51. The third-order valence-corrected chi connectivity index (χ3v) is 8.46. The Morgan fingerprint density at radius 1 is 1.26 bits per heavy atom. The zero-order chi connectivity index (χ0) is 15.9. The molecule has 3 fully saturated rings. The maximum absolute atomic E-state index is 10.9. The van der Waals surface area contributed by atoms with Crippen LogP contribution in [0.4, 0.5) is 0 Å². The maximum atomic E-state index is 10.9. The highest BCUT2D eigenvalue weighted by molar-refractivity contribution is 5.31. The molecule has 3 heteroatoms. The van der Waals surface area contributed by atoms with Gasteiger partial charge in [0.05, 0.1) is 18.5 Å². The molecule has 1 spiro atoms. The summed E-state index contributed by atoms with van der Waals surface area (Å²) < 4.78 is 5.72. The van der Waals surface area contributed by atoms with E-state index in [1.165, 1.54) is 37.0 Å². The van der Waals surface area contributed by atoms with E-state index in [9.17, 15) is 10.2 Å². The summed E-state index contributed by atoms with van der Waals surface area (Å²) in [5.74, 6) is 2.85. The first-order valence-corrected chi connectivity index (χ1v) is 9.40. The average molecular weight is 316 g/mol. The Morgan fingerprint density at radius 2 is 2.13 bits per heavy atom. The van der Waals surface area contributed by atoms with Gasteiger partial charge < -0.3 is 14.6 Å². The number of aryl methyl sites for hydroxylation is 1. The van der Waals surface area contributed by atoms with Gasteiger partial charge in [-0.05, 0) is 85.2 Å². The van der Waals surface area contributed by atoms with Gasteiger partial charge in [0.1, 0.15) is 5.76 Å². The first kappa shape index (κ1) is 14.5. The minimum Gasteiger partial charge on any atom is -0.469 e. The van der Waals surface area contributed by atoms with Crippen molar-refractivity contribution in [3.63, 3.8) is 0 Å². The molecule has 3 saturated carbocycles. The van der Waals surface area contributed by atoms with Gasteiger partial charge in [0.25, 0.3) is 0 Å². The van der Waals surface area contributed by atoms with E-state index in [0.717, 1.165) is 25.7 Å². The fraction of sp³-hybridized carbons (Fsp3) is 0.800. The maximum Gasteiger partial charge on any atom is 0.107 e. The summed E-state index contributed by atoms with van der Waals surface area (Å²) in [6, 6.07) is 2.21. The van der Waals surface area contributed by atoms with Gasteiger partial charge in [0, 0.05) is 6.42 Å². The minimum atomic E-state index is -0.812. The van der Waals surface area contributed by atoms with Gasteiger partial charge >= 0.3 is 0 Å². The van der Waals surface area contributed by atoms with Crippen LogP contribution in [0, 0.1) is 22.7 Å². The Kier molecular flexibility index (Phi) is 2.80. The fourth-order valence-corrected chi connectivity index (χ4v) is 7.51. The van der Waals surface area contributed by atoms with Crippen molar-refractivity contribution in [1.82, 2.24) is 0 Å². The third-order valence-electron chi connectivity index (χ3n) is 8.46. The van der Waals surface area contributed by atoms with E-state index in [-0.39, 0.29) is 12.0 Å². The molecule has 6 atom stereocenters. The normalized spacial score (nSPS) is 51.0. The molecule has 1 aromatic rings. The lowest BCUT2D eigenvalue weighted by Gasteiger charge is -2.59. The quantitative estimate of drug-likeness (QED) is 0.831. The second kappa shape index (κ2) is 4.43. The van der Waals surface area contributed by atoms with E-state index in [1.807, 2.05) is 6.26 Å². The summed E-state index contributed by atoms with van der Waals surface area (Å²) in [5, 5.41) is 20.7. The molecular formula is C20H28O3. The van der Waals surface area contributed by atoms with Crippen molar-refractivity contribution in [3.8, 4) is 0 Å². The number of fused-ring (bicyclic) bond motifs is 5. The monoisotopic (exact) mass is 316 g/mol. The van der Waals surface area contributed by atoms with Crippen molar-refractivity contribution in [3.05, 3.63) is 23.7 Å². The Labute approximate surface area is 138 Å². The zero-order valence-electron chi connectivity index (χ0n) is 14.1. The van der Waals surface area contributed by atoms with Crippen LogP contribution in [0.5, 0.6) is 0 Å². The van der Waals surface area contributed by atoms with Crippen LogP contribution in [0.15, 0.2) is 16.7 Å². The summed E-state index contributed by atoms with van der Waals surface area (Å²) in [4.78, 5) is 0. The molecular weight excluding hydrogens is 288 g/mol. The number of hydrogen-bond donors (Lipinski definition) is 2. The number of aliphatic hydroxyl groups excluding tert-OH is 1. The number of rotatable bonds is 1. The van der Waals surface area contributed by atoms with Crippen molar-refractivity contribution < 1.29 is 14.6 Å². The van der Waals surface area contributed by atoms with Crippen LogP contribution in [-0.4, -0.2) is 22.4 Å². The van der Waals surface area contributed by atoms with E-state index in [4.69, 9.17) is 4.42 Å². The van der Waals surface area contributed by atoms with Crippen molar-refractivity contribution >= 4 is 0 Å². The lowest BCUT2D eigenvalue weighted by atomic mass is 9.45. The number of furan rings is 1. The molecule has 1 aromatic heterocycles. The molecule has 0 amide bonds. The van der Waals surface area contributed by atoms with E-state index in [0.29, 0.717) is 23.2 Å². The van der Waals surface area contributed by atoms with Gasteiger partial charge in [-0.25, -0.2) is 0 Å². The molecule has 0 aromatic carbocycles. The van der Waals surface area contributed by atoms with Gasteiger partial charge in [-0.15, -0.1) is 0 Å².